The summed E-state index contributed by atoms with van der Waals surface area (Å²) in [4.78, 5) is 21.4. The second-order valence-corrected chi connectivity index (χ2v) is 4.03. The van der Waals surface area contributed by atoms with E-state index in [1.54, 1.807) is 11.7 Å². The molecule has 0 aromatic carbocycles. The first-order valence-electron chi connectivity index (χ1n) is 5.75. The third-order valence-electron chi connectivity index (χ3n) is 2.61. The largest absolute Gasteiger partial charge is 0.478 e. The van der Waals surface area contributed by atoms with E-state index in [0.717, 1.165) is 12.8 Å². The van der Waals surface area contributed by atoms with Crippen LogP contribution in [0.25, 0.3) is 0 Å². The first kappa shape index (κ1) is 14.2. The summed E-state index contributed by atoms with van der Waals surface area (Å²) >= 11 is 0. The molecule has 0 atom stereocenters. The molecule has 0 aliphatic carbocycles. The molecule has 1 aromatic heterocycles. The minimum Gasteiger partial charge on any atom is -0.478 e. The van der Waals surface area contributed by atoms with E-state index in [1.807, 2.05) is 0 Å². The van der Waals surface area contributed by atoms with E-state index in [-0.39, 0.29) is 11.5 Å². The van der Waals surface area contributed by atoms with Gasteiger partial charge in [0.1, 0.15) is 5.56 Å². The maximum atomic E-state index is 10.9. The van der Waals surface area contributed by atoms with Crippen molar-refractivity contribution in [1.29, 1.82) is 0 Å². The molecule has 0 aliphatic heterocycles. The van der Waals surface area contributed by atoms with E-state index in [0.29, 0.717) is 25.2 Å². The molecule has 1 heterocycles. The first-order chi connectivity index (χ1) is 8.52. The number of carboxylic acids is 1. The molecule has 7 heteroatoms. The Labute approximate surface area is 105 Å². The molecule has 0 radical (unpaired) electrons. The Morgan fingerprint density at radius 3 is 2.83 bits per heavy atom. The topological polar surface area (TPSA) is 110 Å². The fourth-order valence-corrected chi connectivity index (χ4v) is 1.61. The van der Waals surface area contributed by atoms with Crippen molar-refractivity contribution in [2.45, 2.75) is 25.8 Å². The van der Waals surface area contributed by atoms with Gasteiger partial charge >= 0.3 is 5.97 Å². The summed E-state index contributed by atoms with van der Waals surface area (Å²) < 4.78 is 1.54. The Hall–Kier alpha value is -1.89. The summed E-state index contributed by atoms with van der Waals surface area (Å²) in [7, 11) is 1.70. The van der Waals surface area contributed by atoms with Crippen molar-refractivity contribution in [2.24, 2.45) is 12.8 Å². The smallest absolute Gasteiger partial charge is 0.339 e. The SMILES string of the molecule is Cn1ncc(C(=O)O)c1CNCCCCC(N)=O. The number of aryl methyl sites for hydroxylation is 1. The van der Waals surface area contributed by atoms with Crippen LogP contribution in [0.3, 0.4) is 0 Å². The van der Waals surface area contributed by atoms with Gasteiger partial charge in [0.25, 0.3) is 0 Å². The lowest BCUT2D eigenvalue weighted by Gasteiger charge is -2.06. The number of aromatic carboxylic acids is 1. The molecule has 18 heavy (non-hydrogen) atoms. The summed E-state index contributed by atoms with van der Waals surface area (Å²) in [6, 6.07) is 0. The quantitative estimate of drug-likeness (QED) is 0.559. The molecule has 1 amide bonds. The standard InChI is InChI=1S/C11H18N4O3/c1-15-9(8(6-14-15)11(17)18)7-13-5-3-2-4-10(12)16/h6,13H,2-5,7H2,1H3,(H2,12,16)(H,17,18). The third kappa shape index (κ3) is 4.17. The maximum absolute atomic E-state index is 10.9. The number of hydrogen-bond donors (Lipinski definition) is 3. The lowest BCUT2D eigenvalue weighted by molar-refractivity contribution is -0.118. The Morgan fingerprint density at radius 1 is 1.50 bits per heavy atom. The monoisotopic (exact) mass is 254 g/mol. The summed E-state index contributed by atoms with van der Waals surface area (Å²) in [6.07, 6.45) is 3.28. The predicted octanol–water partition coefficient (Wildman–Crippen LogP) is -0.136. The first-order valence-corrected chi connectivity index (χ1v) is 5.75. The highest BCUT2D eigenvalue weighted by Gasteiger charge is 2.13. The van der Waals surface area contributed by atoms with Crippen LogP contribution in [0.4, 0.5) is 0 Å². The fraction of sp³-hybridized carbons (Fsp3) is 0.545. The molecule has 0 saturated carbocycles. The second-order valence-electron chi connectivity index (χ2n) is 4.03. The molecular formula is C11H18N4O3. The molecule has 0 saturated heterocycles. The number of carboxylic acid groups (broad SMARTS) is 1. The van der Waals surface area contributed by atoms with Crippen LogP contribution in [0.5, 0.6) is 0 Å². The maximum Gasteiger partial charge on any atom is 0.339 e. The van der Waals surface area contributed by atoms with Crippen molar-refractivity contribution in [1.82, 2.24) is 15.1 Å². The summed E-state index contributed by atoms with van der Waals surface area (Å²) in [5, 5.41) is 16.0. The van der Waals surface area contributed by atoms with Gasteiger partial charge in [0.15, 0.2) is 0 Å². The van der Waals surface area contributed by atoms with Crippen LogP contribution in [0.2, 0.25) is 0 Å². The van der Waals surface area contributed by atoms with Crippen LogP contribution >= 0.6 is 0 Å². The summed E-state index contributed by atoms with van der Waals surface area (Å²) in [5.74, 6) is -1.27. The van der Waals surface area contributed by atoms with Crippen LogP contribution in [0.1, 0.15) is 35.3 Å². The van der Waals surface area contributed by atoms with Gasteiger partial charge in [0.2, 0.25) is 5.91 Å². The minimum absolute atomic E-state index is 0.210. The molecule has 7 nitrogen and oxygen atoms in total. The van der Waals surface area contributed by atoms with Crippen molar-refractivity contribution in [3.63, 3.8) is 0 Å². The van der Waals surface area contributed by atoms with E-state index >= 15 is 0 Å². The van der Waals surface area contributed by atoms with Gasteiger partial charge in [-0.1, -0.05) is 0 Å². The third-order valence-corrected chi connectivity index (χ3v) is 2.61. The van der Waals surface area contributed by atoms with Crippen molar-refractivity contribution < 1.29 is 14.7 Å². The zero-order chi connectivity index (χ0) is 13.5. The van der Waals surface area contributed by atoms with Crippen molar-refractivity contribution in [3.05, 3.63) is 17.5 Å². The van der Waals surface area contributed by atoms with Gasteiger partial charge in [-0.2, -0.15) is 5.10 Å². The zero-order valence-electron chi connectivity index (χ0n) is 10.3. The van der Waals surface area contributed by atoms with Gasteiger partial charge in [-0.3, -0.25) is 9.48 Å². The number of carbonyl (C=O) groups is 2. The van der Waals surface area contributed by atoms with Crippen molar-refractivity contribution in [3.8, 4) is 0 Å². The molecular weight excluding hydrogens is 236 g/mol. The highest BCUT2D eigenvalue weighted by Crippen LogP contribution is 2.07. The summed E-state index contributed by atoms with van der Waals surface area (Å²) in [6.45, 7) is 1.15. The number of aromatic nitrogens is 2. The Bertz CT molecular complexity index is 428. The highest BCUT2D eigenvalue weighted by atomic mass is 16.4. The second kappa shape index (κ2) is 6.75. The average Bonchev–Trinajstić information content (AvgIpc) is 2.65. The number of amides is 1. The van der Waals surface area contributed by atoms with Gasteiger partial charge in [0, 0.05) is 20.0 Å². The molecule has 0 spiro atoms. The van der Waals surface area contributed by atoms with Gasteiger partial charge in [-0.05, 0) is 19.4 Å². The Kier molecular flexibility index (Phi) is 5.31. The average molecular weight is 254 g/mol. The molecule has 0 unspecified atom stereocenters. The van der Waals surface area contributed by atoms with E-state index in [9.17, 15) is 9.59 Å². The number of primary amides is 1. The van der Waals surface area contributed by atoms with Crippen LogP contribution in [-0.2, 0) is 18.4 Å². The molecule has 0 bridgehead atoms. The van der Waals surface area contributed by atoms with E-state index in [1.165, 1.54) is 6.20 Å². The van der Waals surface area contributed by atoms with Crippen LogP contribution in [0.15, 0.2) is 6.20 Å². The van der Waals surface area contributed by atoms with E-state index in [4.69, 9.17) is 10.8 Å². The molecule has 1 rings (SSSR count). The molecule has 100 valence electrons. The van der Waals surface area contributed by atoms with Gasteiger partial charge in [-0.25, -0.2) is 4.79 Å². The lowest BCUT2D eigenvalue weighted by Crippen LogP contribution is -2.19. The number of hydrogen-bond acceptors (Lipinski definition) is 4. The van der Waals surface area contributed by atoms with Crippen LogP contribution in [-0.4, -0.2) is 33.3 Å². The van der Waals surface area contributed by atoms with Gasteiger partial charge < -0.3 is 16.2 Å². The van der Waals surface area contributed by atoms with Crippen molar-refractivity contribution in [2.75, 3.05) is 6.54 Å². The minimum atomic E-state index is -0.978. The Balaban J connectivity index is 2.33. The lowest BCUT2D eigenvalue weighted by atomic mass is 10.2. The Morgan fingerprint density at radius 2 is 2.22 bits per heavy atom. The number of nitrogens with two attached hydrogens (primary N) is 1. The molecule has 0 aliphatic rings. The number of rotatable bonds is 8. The molecule has 1 aromatic rings. The number of nitrogens with one attached hydrogen (secondary N) is 1. The van der Waals surface area contributed by atoms with Crippen LogP contribution < -0.4 is 11.1 Å². The number of carbonyl (C=O) groups excluding carboxylic acids is 1. The van der Waals surface area contributed by atoms with Gasteiger partial charge in [-0.15, -0.1) is 0 Å². The molecule has 0 fully saturated rings. The van der Waals surface area contributed by atoms with E-state index in [2.05, 4.69) is 10.4 Å². The fourth-order valence-electron chi connectivity index (χ4n) is 1.61. The predicted molar refractivity (Wildman–Crippen MR) is 64.9 cm³/mol. The van der Waals surface area contributed by atoms with Crippen molar-refractivity contribution >= 4 is 11.9 Å². The van der Waals surface area contributed by atoms with Gasteiger partial charge in [0.05, 0.1) is 11.9 Å². The normalized spacial score (nSPS) is 10.5. The van der Waals surface area contributed by atoms with Crippen LogP contribution in [0, 0.1) is 0 Å². The number of nitrogens with zero attached hydrogens (tertiary/aromatic N) is 2. The molecule has 4 N–H and O–H groups in total. The summed E-state index contributed by atoms with van der Waals surface area (Å²) in [5.41, 5.74) is 5.87. The van der Waals surface area contributed by atoms with E-state index < -0.39 is 5.97 Å². The highest BCUT2D eigenvalue weighted by molar-refractivity contribution is 5.88. The zero-order valence-corrected chi connectivity index (χ0v) is 10.3. The number of unbranched alkanes of at least 4 members (excludes halogenated alkanes) is 1.